The Bertz CT molecular complexity index is 1280. The predicted octanol–water partition coefficient (Wildman–Crippen LogP) is 1.04. The summed E-state index contributed by atoms with van der Waals surface area (Å²) in [6, 6.07) is 0. The maximum absolute atomic E-state index is 12.2. The van der Waals surface area contributed by atoms with Crippen molar-refractivity contribution in [2.45, 2.75) is 39.3 Å². The van der Waals surface area contributed by atoms with Gasteiger partial charge >= 0.3 is 23.0 Å². The van der Waals surface area contributed by atoms with Gasteiger partial charge in [-0.1, -0.05) is 18.7 Å². The summed E-state index contributed by atoms with van der Waals surface area (Å²) in [5.41, 5.74) is 6.28. The van der Waals surface area contributed by atoms with Gasteiger partial charge in [0.15, 0.2) is 22.8 Å². The molecule has 1 fully saturated rings. The van der Waals surface area contributed by atoms with Crippen LogP contribution in [-0.4, -0.2) is 82.7 Å². The lowest BCUT2D eigenvalue weighted by molar-refractivity contribution is -0.0502. The van der Waals surface area contributed by atoms with Crippen molar-refractivity contribution in [1.29, 1.82) is 0 Å². The van der Waals surface area contributed by atoms with Gasteiger partial charge in [-0.2, -0.15) is 0 Å². The van der Waals surface area contributed by atoms with E-state index in [0.29, 0.717) is 10.9 Å². The quantitative estimate of drug-likeness (QED) is 0.0781. The fraction of sp³-hybridized carbons (Fsp3) is 0.615. The molecule has 0 radical (unpaired) electrons. The fourth-order valence-electron chi connectivity index (χ4n) is 2.94. The Morgan fingerprint density at radius 3 is 2.42 bits per heavy atom. The van der Waals surface area contributed by atoms with E-state index in [2.05, 4.69) is 55.6 Å². The van der Waals surface area contributed by atoms with Crippen LogP contribution >= 0.6 is 66.6 Å². The summed E-state index contributed by atoms with van der Waals surface area (Å²) in [6.07, 6.45) is -4.82. The second-order valence-corrected chi connectivity index (χ2v) is 19.9. The first-order valence-electron chi connectivity index (χ1n) is 9.51. The monoisotopic (exact) mass is 721 g/mol. The highest BCUT2D eigenvalue weighted by molar-refractivity contribution is 9.29. The van der Waals surface area contributed by atoms with Crippen molar-refractivity contribution >= 4 is 83.6 Å². The standard InChI is InChI=1S/C13H20Br2N5O12P3S/c1-2-36-12-18-9(16)6-10(19-12)20(4-17-6)11-8(22)7(21)5(31-11)3-30-35(28,29)32-34(26,27)13(14,15)33(23,24)25/h4-5,7-8,11,21-22H,2-3H2,1H3,(H,26,27)(H,28,29)(H2,16,18,19)(H2,23,24,25)/t5-,7-,8-,11-/m1/s1. The normalized spacial score (nSPS) is 26.7. The van der Waals surface area contributed by atoms with E-state index in [0.717, 1.165) is 0 Å². The largest absolute Gasteiger partial charge is 0.479 e. The highest BCUT2D eigenvalue weighted by Crippen LogP contribution is 2.81. The smallest absolute Gasteiger partial charge is 0.387 e. The number of aliphatic hydroxyl groups is 2. The van der Waals surface area contributed by atoms with Crippen LogP contribution in [0.25, 0.3) is 11.2 Å². The molecule has 0 spiro atoms. The van der Waals surface area contributed by atoms with Gasteiger partial charge in [0.25, 0.3) is 2.72 Å². The molecule has 2 aromatic heterocycles. The Labute approximate surface area is 223 Å². The average molecular weight is 723 g/mol. The molecule has 3 heterocycles. The van der Waals surface area contributed by atoms with Crippen molar-refractivity contribution in [2.24, 2.45) is 0 Å². The minimum Gasteiger partial charge on any atom is -0.387 e. The number of rotatable bonds is 10. The molecule has 36 heavy (non-hydrogen) atoms. The van der Waals surface area contributed by atoms with Crippen LogP contribution < -0.4 is 5.73 Å². The number of thioether (sulfide) groups is 1. The summed E-state index contributed by atoms with van der Waals surface area (Å²) in [5.74, 6) is 0.711. The van der Waals surface area contributed by atoms with E-state index in [4.69, 9.17) is 10.5 Å². The minimum atomic E-state index is -5.58. The van der Waals surface area contributed by atoms with E-state index in [1.165, 1.54) is 22.7 Å². The van der Waals surface area contributed by atoms with Gasteiger partial charge in [-0.05, 0) is 37.6 Å². The number of halogens is 2. The molecule has 0 bridgehead atoms. The van der Waals surface area contributed by atoms with Gasteiger partial charge in [-0.3, -0.25) is 18.2 Å². The van der Waals surface area contributed by atoms with E-state index in [9.17, 15) is 43.5 Å². The van der Waals surface area contributed by atoms with Crippen molar-refractivity contribution in [3.8, 4) is 0 Å². The third-order valence-corrected chi connectivity index (χ3v) is 15.9. The minimum absolute atomic E-state index is 0.0689. The Morgan fingerprint density at radius 2 is 1.83 bits per heavy atom. The first-order chi connectivity index (χ1) is 16.4. The number of nitrogen functional groups attached to an aromatic ring is 1. The zero-order valence-electron chi connectivity index (χ0n) is 17.8. The van der Waals surface area contributed by atoms with E-state index < -0.39 is 56.9 Å². The number of hydrogen-bond acceptors (Lipinski definition) is 13. The Hall–Kier alpha value is -0.0100. The van der Waals surface area contributed by atoms with Gasteiger partial charge in [-0.25, -0.2) is 23.8 Å². The zero-order chi connectivity index (χ0) is 27.3. The molecule has 2 aromatic rings. The fourth-order valence-corrected chi connectivity index (χ4v) is 8.36. The molecular weight excluding hydrogens is 703 g/mol. The molecule has 3 rings (SSSR count). The van der Waals surface area contributed by atoms with Crippen LogP contribution in [0.5, 0.6) is 0 Å². The van der Waals surface area contributed by atoms with Crippen LogP contribution in [0.1, 0.15) is 13.2 Å². The lowest BCUT2D eigenvalue weighted by atomic mass is 10.1. The van der Waals surface area contributed by atoms with Gasteiger partial charge in [0.05, 0.1) is 12.9 Å². The number of ether oxygens (including phenoxy) is 1. The van der Waals surface area contributed by atoms with Crippen molar-refractivity contribution in [3.63, 3.8) is 0 Å². The number of aliphatic hydroxyl groups excluding tert-OH is 2. The number of phosphoric ester groups is 1. The molecule has 17 nitrogen and oxygen atoms in total. The van der Waals surface area contributed by atoms with Crippen LogP contribution in [0.15, 0.2) is 11.5 Å². The maximum atomic E-state index is 12.2. The summed E-state index contributed by atoms with van der Waals surface area (Å²) in [4.78, 5) is 50.5. The van der Waals surface area contributed by atoms with Crippen molar-refractivity contribution < 1.29 is 57.1 Å². The summed E-state index contributed by atoms with van der Waals surface area (Å²) in [6.45, 7) is 0.925. The molecule has 0 aliphatic carbocycles. The third kappa shape index (κ3) is 6.08. The summed E-state index contributed by atoms with van der Waals surface area (Å²) in [5, 5.41) is 21.2. The molecule has 6 atom stereocenters. The van der Waals surface area contributed by atoms with Crippen molar-refractivity contribution in [2.75, 3.05) is 18.1 Å². The van der Waals surface area contributed by atoms with Crippen molar-refractivity contribution in [3.05, 3.63) is 6.33 Å². The van der Waals surface area contributed by atoms with Gasteiger partial charge in [0, 0.05) is 0 Å². The maximum Gasteiger partial charge on any atom is 0.479 e. The lowest BCUT2D eigenvalue weighted by Crippen LogP contribution is -2.33. The van der Waals surface area contributed by atoms with E-state index >= 15 is 0 Å². The molecule has 8 N–H and O–H groups in total. The Kier molecular flexibility index (Phi) is 9.22. The lowest BCUT2D eigenvalue weighted by Gasteiger charge is -2.27. The second kappa shape index (κ2) is 10.9. The van der Waals surface area contributed by atoms with Crippen LogP contribution in [-0.2, 0) is 27.3 Å². The molecule has 1 aliphatic heterocycles. The Balaban J connectivity index is 1.76. The summed E-state index contributed by atoms with van der Waals surface area (Å²) < 4.78 is 48.3. The van der Waals surface area contributed by atoms with Gasteiger partial charge in [-0.15, -0.1) is 0 Å². The molecule has 1 aliphatic rings. The van der Waals surface area contributed by atoms with Crippen LogP contribution in [0.3, 0.4) is 0 Å². The van der Waals surface area contributed by atoms with E-state index in [-0.39, 0.29) is 17.0 Å². The number of fused-ring (bicyclic) bond motifs is 1. The highest BCUT2D eigenvalue weighted by Gasteiger charge is 2.61. The number of hydrogen-bond donors (Lipinski definition) is 7. The Morgan fingerprint density at radius 1 is 1.19 bits per heavy atom. The van der Waals surface area contributed by atoms with E-state index in [1.54, 1.807) is 0 Å². The topological polar surface area (TPSA) is 270 Å². The van der Waals surface area contributed by atoms with Crippen LogP contribution in [0, 0.1) is 0 Å². The first kappa shape index (κ1) is 30.5. The summed E-state index contributed by atoms with van der Waals surface area (Å²) in [7, 11) is -16.5. The second-order valence-electron chi connectivity index (χ2n) is 7.11. The SMILES string of the molecule is CCSc1nc(N)c2ncn([C@@H]3O[C@H](COP(=O)(O)OP(=O)(O)C(Br)(Br)P(=O)(O)O)[C@@H](O)[C@H]3O)c2n1. The van der Waals surface area contributed by atoms with Crippen LogP contribution in [0.4, 0.5) is 5.82 Å². The average Bonchev–Trinajstić information content (AvgIpc) is 3.27. The van der Waals surface area contributed by atoms with Gasteiger partial charge < -0.3 is 40.3 Å². The number of aromatic nitrogens is 4. The first-order valence-corrected chi connectivity index (χ1v) is 16.8. The number of phosphoric acid groups is 1. The summed E-state index contributed by atoms with van der Waals surface area (Å²) >= 11 is 5.85. The molecule has 0 aromatic carbocycles. The molecule has 204 valence electrons. The number of nitrogens with zero attached hydrogens (tertiary/aromatic N) is 4. The molecular formula is C13H20Br2N5O12P3S. The van der Waals surface area contributed by atoms with Crippen molar-refractivity contribution in [1.82, 2.24) is 19.5 Å². The number of nitrogens with two attached hydrogens (primary N) is 1. The van der Waals surface area contributed by atoms with Gasteiger partial charge in [0.1, 0.15) is 23.8 Å². The molecule has 2 unspecified atom stereocenters. The van der Waals surface area contributed by atoms with E-state index in [1.807, 2.05) is 6.92 Å². The zero-order valence-corrected chi connectivity index (χ0v) is 24.5. The number of alkyl halides is 2. The molecule has 1 saturated heterocycles. The predicted molar refractivity (Wildman–Crippen MR) is 131 cm³/mol. The third-order valence-electron chi connectivity index (χ3n) is 4.62. The highest BCUT2D eigenvalue weighted by atomic mass is 79.9. The molecule has 23 heteroatoms. The number of imidazole rings is 1. The molecule has 0 saturated carbocycles. The molecule has 0 amide bonds. The van der Waals surface area contributed by atoms with Crippen LogP contribution in [0.2, 0.25) is 0 Å². The number of anilines is 1. The van der Waals surface area contributed by atoms with Gasteiger partial charge in [0.2, 0.25) is 0 Å².